The lowest BCUT2D eigenvalue weighted by atomic mass is 9.93. The molecule has 24 heavy (non-hydrogen) atoms. The zero-order valence-electron chi connectivity index (χ0n) is 13.8. The Kier molecular flexibility index (Phi) is 6.38. The molecule has 0 spiro atoms. The van der Waals surface area contributed by atoms with Gasteiger partial charge in [-0.3, -0.25) is 0 Å². The fraction of sp³-hybridized carbons (Fsp3) is 0.611. The van der Waals surface area contributed by atoms with Crippen LogP contribution in [0.1, 0.15) is 36.6 Å². The minimum Gasteiger partial charge on any atom is -0.317 e. The normalized spacial score (nSPS) is 21.0. The van der Waals surface area contributed by atoms with E-state index in [4.69, 9.17) is 16.6 Å². The Balaban J connectivity index is 0.00000169. The van der Waals surface area contributed by atoms with Crippen molar-refractivity contribution in [3.63, 3.8) is 0 Å². The molecule has 132 valence electrons. The minimum atomic E-state index is 0. The summed E-state index contributed by atoms with van der Waals surface area (Å²) in [7, 11) is 0. The van der Waals surface area contributed by atoms with Gasteiger partial charge in [-0.15, -0.1) is 23.7 Å². The summed E-state index contributed by atoms with van der Waals surface area (Å²) in [6.07, 6.45) is 5.19. The molecule has 4 rings (SSSR count). The van der Waals surface area contributed by atoms with Crippen LogP contribution in [0, 0.1) is 5.92 Å². The molecule has 2 aliphatic heterocycles. The van der Waals surface area contributed by atoms with E-state index in [1.807, 2.05) is 23.5 Å². The number of hydrogen-bond donors (Lipinski definition) is 1. The van der Waals surface area contributed by atoms with E-state index >= 15 is 0 Å². The Morgan fingerprint density at radius 1 is 1.17 bits per heavy atom. The van der Waals surface area contributed by atoms with E-state index in [1.54, 1.807) is 0 Å². The monoisotopic (exact) mass is 385 g/mol. The number of nitrogens with one attached hydrogen (secondary N) is 1. The van der Waals surface area contributed by atoms with Crippen molar-refractivity contribution in [2.24, 2.45) is 5.92 Å². The molecule has 3 nitrogen and oxygen atoms in total. The van der Waals surface area contributed by atoms with Crippen LogP contribution in [-0.4, -0.2) is 42.6 Å². The number of thiazole rings is 1. The SMILES string of the molecule is Cl.Clc1ccc2sc(C3CCN(CC4CCNCC4)CC3)nc2c1. The van der Waals surface area contributed by atoms with E-state index < -0.39 is 0 Å². The first-order valence-electron chi connectivity index (χ1n) is 8.77. The Morgan fingerprint density at radius 2 is 1.92 bits per heavy atom. The van der Waals surface area contributed by atoms with Crippen molar-refractivity contribution in [2.45, 2.75) is 31.6 Å². The molecule has 0 radical (unpaired) electrons. The van der Waals surface area contributed by atoms with Gasteiger partial charge in [0, 0.05) is 17.5 Å². The maximum Gasteiger partial charge on any atom is 0.0970 e. The molecule has 1 aromatic heterocycles. The standard InChI is InChI=1S/C18H24ClN3S.ClH/c19-15-1-2-17-16(11-15)21-18(23-17)14-5-9-22(10-6-14)12-13-3-7-20-8-4-13;/h1-2,11,13-14,20H,3-10,12H2;1H. The first kappa shape index (κ1) is 18.4. The molecule has 2 fully saturated rings. The van der Waals surface area contributed by atoms with Gasteiger partial charge >= 0.3 is 0 Å². The summed E-state index contributed by atoms with van der Waals surface area (Å²) < 4.78 is 1.27. The quantitative estimate of drug-likeness (QED) is 0.839. The highest BCUT2D eigenvalue weighted by Crippen LogP contribution is 2.35. The predicted molar refractivity (Wildman–Crippen MR) is 106 cm³/mol. The van der Waals surface area contributed by atoms with Crippen LogP contribution in [0.15, 0.2) is 18.2 Å². The average molecular weight is 386 g/mol. The maximum atomic E-state index is 6.08. The van der Waals surface area contributed by atoms with E-state index in [0.717, 1.165) is 16.5 Å². The zero-order chi connectivity index (χ0) is 15.6. The summed E-state index contributed by atoms with van der Waals surface area (Å²) in [6.45, 7) is 6.16. The van der Waals surface area contributed by atoms with Crippen molar-refractivity contribution in [2.75, 3.05) is 32.7 Å². The van der Waals surface area contributed by atoms with Crippen molar-refractivity contribution < 1.29 is 0 Å². The first-order valence-corrected chi connectivity index (χ1v) is 9.96. The summed E-state index contributed by atoms with van der Waals surface area (Å²) in [6, 6.07) is 6.06. The number of nitrogens with zero attached hydrogens (tertiary/aromatic N) is 2. The Morgan fingerprint density at radius 3 is 2.67 bits per heavy atom. The number of fused-ring (bicyclic) bond motifs is 1. The summed E-state index contributed by atoms with van der Waals surface area (Å²) in [5, 5.41) is 5.55. The molecular formula is C18H25Cl2N3S. The zero-order valence-corrected chi connectivity index (χ0v) is 16.2. The highest BCUT2D eigenvalue weighted by molar-refractivity contribution is 7.18. The van der Waals surface area contributed by atoms with Crippen molar-refractivity contribution in [3.8, 4) is 0 Å². The number of aromatic nitrogens is 1. The van der Waals surface area contributed by atoms with Crippen LogP contribution in [0.4, 0.5) is 0 Å². The second-order valence-electron chi connectivity index (χ2n) is 6.93. The van der Waals surface area contributed by atoms with Gasteiger partial charge in [-0.25, -0.2) is 4.98 Å². The molecule has 2 aromatic rings. The lowest BCUT2D eigenvalue weighted by Gasteiger charge is -2.34. The first-order chi connectivity index (χ1) is 11.3. The van der Waals surface area contributed by atoms with Crippen molar-refractivity contribution in [3.05, 3.63) is 28.2 Å². The van der Waals surface area contributed by atoms with E-state index in [9.17, 15) is 0 Å². The smallest absolute Gasteiger partial charge is 0.0970 e. The Bertz CT molecular complexity index is 661. The molecule has 0 aliphatic carbocycles. The second kappa shape index (κ2) is 8.33. The molecule has 0 saturated carbocycles. The lowest BCUT2D eigenvalue weighted by Crippen LogP contribution is -2.39. The average Bonchev–Trinajstić information content (AvgIpc) is 2.99. The van der Waals surface area contributed by atoms with Gasteiger partial charge in [0.25, 0.3) is 0 Å². The predicted octanol–water partition coefficient (Wildman–Crippen LogP) is 4.55. The molecule has 1 N–H and O–H groups in total. The van der Waals surface area contributed by atoms with Gasteiger partial charge in [0.2, 0.25) is 0 Å². The van der Waals surface area contributed by atoms with Gasteiger partial charge in [0.15, 0.2) is 0 Å². The Hall–Kier alpha value is -0.390. The van der Waals surface area contributed by atoms with Crippen molar-refractivity contribution in [1.82, 2.24) is 15.2 Å². The number of piperidine rings is 2. The third-order valence-electron chi connectivity index (χ3n) is 5.28. The fourth-order valence-corrected chi connectivity index (χ4v) is 5.17. The van der Waals surface area contributed by atoms with Crippen molar-refractivity contribution >= 4 is 45.6 Å². The molecule has 0 atom stereocenters. The van der Waals surface area contributed by atoms with Gasteiger partial charge in [-0.1, -0.05) is 11.6 Å². The number of rotatable bonds is 3. The van der Waals surface area contributed by atoms with Crippen LogP contribution in [-0.2, 0) is 0 Å². The van der Waals surface area contributed by atoms with Gasteiger partial charge in [0.1, 0.15) is 0 Å². The summed E-state index contributed by atoms with van der Waals surface area (Å²) in [5.74, 6) is 1.54. The lowest BCUT2D eigenvalue weighted by molar-refractivity contribution is 0.167. The van der Waals surface area contributed by atoms with Gasteiger partial charge in [0.05, 0.1) is 15.2 Å². The van der Waals surface area contributed by atoms with Crippen LogP contribution in [0.5, 0.6) is 0 Å². The molecular weight excluding hydrogens is 361 g/mol. The molecule has 3 heterocycles. The topological polar surface area (TPSA) is 28.2 Å². The molecule has 6 heteroatoms. The van der Waals surface area contributed by atoms with Crippen LogP contribution in [0.25, 0.3) is 10.2 Å². The molecule has 0 unspecified atom stereocenters. The number of halogens is 2. The minimum absolute atomic E-state index is 0. The van der Waals surface area contributed by atoms with E-state index in [0.29, 0.717) is 5.92 Å². The van der Waals surface area contributed by atoms with Gasteiger partial charge < -0.3 is 10.2 Å². The van der Waals surface area contributed by atoms with E-state index in [1.165, 1.54) is 68.1 Å². The van der Waals surface area contributed by atoms with Gasteiger partial charge in [-0.05, 0) is 76.0 Å². The molecule has 0 bridgehead atoms. The number of hydrogen-bond acceptors (Lipinski definition) is 4. The largest absolute Gasteiger partial charge is 0.317 e. The summed E-state index contributed by atoms with van der Waals surface area (Å²) in [4.78, 5) is 7.52. The molecule has 0 amide bonds. The highest BCUT2D eigenvalue weighted by Gasteiger charge is 2.25. The molecule has 1 aromatic carbocycles. The number of likely N-dealkylation sites (tertiary alicyclic amines) is 1. The van der Waals surface area contributed by atoms with E-state index in [2.05, 4.69) is 16.3 Å². The van der Waals surface area contributed by atoms with Crippen LogP contribution >= 0.6 is 35.3 Å². The fourth-order valence-electron chi connectivity index (χ4n) is 3.88. The van der Waals surface area contributed by atoms with Gasteiger partial charge in [-0.2, -0.15) is 0 Å². The third kappa shape index (κ3) is 4.23. The van der Waals surface area contributed by atoms with Crippen molar-refractivity contribution in [1.29, 1.82) is 0 Å². The van der Waals surface area contributed by atoms with Crippen LogP contribution < -0.4 is 5.32 Å². The summed E-state index contributed by atoms with van der Waals surface area (Å²) in [5.41, 5.74) is 1.06. The molecule has 2 saturated heterocycles. The highest BCUT2D eigenvalue weighted by atomic mass is 35.5. The Labute approximate surface area is 159 Å². The second-order valence-corrected chi connectivity index (χ2v) is 8.43. The van der Waals surface area contributed by atoms with Crippen LogP contribution in [0.3, 0.4) is 0 Å². The molecule has 2 aliphatic rings. The van der Waals surface area contributed by atoms with E-state index in [-0.39, 0.29) is 12.4 Å². The third-order valence-corrected chi connectivity index (χ3v) is 6.71. The maximum absolute atomic E-state index is 6.08. The van der Waals surface area contributed by atoms with Crippen LogP contribution in [0.2, 0.25) is 5.02 Å². The number of benzene rings is 1. The summed E-state index contributed by atoms with van der Waals surface area (Å²) >= 11 is 7.93.